The van der Waals surface area contributed by atoms with E-state index in [4.69, 9.17) is 10.5 Å². The van der Waals surface area contributed by atoms with E-state index in [2.05, 4.69) is 9.80 Å². The number of amides is 1. The summed E-state index contributed by atoms with van der Waals surface area (Å²) in [7, 11) is 0. The van der Waals surface area contributed by atoms with Crippen molar-refractivity contribution in [3.63, 3.8) is 0 Å². The van der Waals surface area contributed by atoms with Crippen LogP contribution in [0.2, 0.25) is 0 Å². The van der Waals surface area contributed by atoms with E-state index in [1.54, 1.807) is 0 Å². The number of hydrogen-bond acceptors (Lipinski definition) is 4. The van der Waals surface area contributed by atoms with Crippen molar-refractivity contribution in [2.45, 2.75) is 50.4 Å². The molecule has 0 radical (unpaired) electrons. The second-order valence-corrected chi connectivity index (χ2v) is 5.83. The summed E-state index contributed by atoms with van der Waals surface area (Å²) in [6, 6.07) is 0.902. The molecule has 3 rings (SSSR count). The summed E-state index contributed by atoms with van der Waals surface area (Å²) in [5, 5.41) is 0. The van der Waals surface area contributed by atoms with Crippen LogP contribution in [0.5, 0.6) is 0 Å². The largest absolute Gasteiger partial charge is 0.374 e. The molecule has 0 aliphatic carbocycles. The maximum atomic E-state index is 12.0. The molecule has 0 aromatic carbocycles. The highest BCUT2D eigenvalue weighted by Crippen LogP contribution is 2.33. The van der Waals surface area contributed by atoms with Crippen LogP contribution in [0.25, 0.3) is 0 Å². The topological polar surface area (TPSA) is 58.8 Å². The number of carbonyl (C=O) groups is 1. The molecule has 2 N–H and O–H groups in total. The fourth-order valence-corrected chi connectivity index (χ4v) is 3.62. The predicted molar refractivity (Wildman–Crippen MR) is 68.1 cm³/mol. The van der Waals surface area contributed by atoms with Gasteiger partial charge in [-0.1, -0.05) is 0 Å². The van der Waals surface area contributed by atoms with Crippen LogP contribution in [-0.2, 0) is 9.53 Å². The lowest BCUT2D eigenvalue weighted by molar-refractivity contribution is -0.127. The first-order valence-electron chi connectivity index (χ1n) is 7.07. The number of rotatable bonds is 2. The van der Waals surface area contributed by atoms with Gasteiger partial charge in [-0.25, -0.2) is 0 Å². The monoisotopic (exact) mass is 253 g/mol. The van der Waals surface area contributed by atoms with Crippen molar-refractivity contribution in [1.29, 1.82) is 0 Å². The van der Waals surface area contributed by atoms with Crippen LogP contribution >= 0.6 is 0 Å². The van der Waals surface area contributed by atoms with Crippen LogP contribution in [0, 0.1) is 0 Å². The summed E-state index contributed by atoms with van der Waals surface area (Å²) in [5.41, 5.74) is 5.93. The van der Waals surface area contributed by atoms with E-state index in [1.807, 2.05) is 6.92 Å². The average Bonchev–Trinajstić information content (AvgIpc) is 2.94. The first kappa shape index (κ1) is 12.4. The minimum atomic E-state index is 0.0598. The number of nitrogens with two attached hydrogens (primary N) is 1. The molecule has 3 aliphatic rings. The zero-order chi connectivity index (χ0) is 12.7. The molecule has 18 heavy (non-hydrogen) atoms. The van der Waals surface area contributed by atoms with Crippen molar-refractivity contribution >= 4 is 5.91 Å². The van der Waals surface area contributed by atoms with Crippen molar-refractivity contribution in [2.75, 3.05) is 26.2 Å². The van der Waals surface area contributed by atoms with Crippen molar-refractivity contribution in [1.82, 2.24) is 9.80 Å². The standard InChI is InChI=1S/C13H23N3O2/c1-9(14)12-8-15(5-6-18-12)11-7-13(17)16-4-2-3-10(11)16/h9-12H,2-8,14H2,1H3. The Labute approximate surface area is 108 Å². The Morgan fingerprint density at radius 1 is 1.39 bits per heavy atom. The molecule has 5 nitrogen and oxygen atoms in total. The van der Waals surface area contributed by atoms with Gasteiger partial charge < -0.3 is 15.4 Å². The maximum absolute atomic E-state index is 12.0. The van der Waals surface area contributed by atoms with Gasteiger partial charge >= 0.3 is 0 Å². The van der Waals surface area contributed by atoms with Gasteiger partial charge in [-0.3, -0.25) is 9.69 Å². The highest BCUT2D eigenvalue weighted by atomic mass is 16.5. The van der Waals surface area contributed by atoms with Gasteiger partial charge in [-0.05, 0) is 19.8 Å². The molecule has 0 aromatic heterocycles. The Kier molecular flexibility index (Phi) is 3.30. The molecule has 102 valence electrons. The second-order valence-electron chi connectivity index (χ2n) is 5.83. The Balaban J connectivity index is 1.69. The Bertz CT molecular complexity index is 334. The molecule has 3 heterocycles. The fraction of sp³-hybridized carbons (Fsp3) is 0.923. The molecule has 4 unspecified atom stereocenters. The maximum Gasteiger partial charge on any atom is 0.224 e. The zero-order valence-electron chi connectivity index (χ0n) is 11.0. The lowest BCUT2D eigenvalue weighted by Crippen LogP contribution is -2.54. The summed E-state index contributed by atoms with van der Waals surface area (Å²) >= 11 is 0. The van der Waals surface area contributed by atoms with Gasteiger partial charge in [0.05, 0.1) is 12.7 Å². The Morgan fingerprint density at radius 2 is 2.22 bits per heavy atom. The average molecular weight is 253 g/mol. The van der Waals surface area contributed by atoms with Crippen LogP contribution in [0.4, 0.5) is 0 Å². The molecular formula is C13H23N3O2. The van der Waals surface area contributed by atoms with Gasteiger partial charge in [0.2, 0.25) is 5.91 Å². The van der Waals surface area contributed by atoms with Crippen molar-refractivity contribution < 1.29 is 9.53 Å². The molecule has 0 spiro atoms. The number of fused-ring (bicyclic) bond motifs is 1. The highest BCUT2D eigenvalue weighted by Gasteiger charge is 2.45. The Morgan fingerprint density at radius 3 is 3.00 bits per heavy atom. The minimum absolute atomic E-state index is 0.0598. The van der Waals surface area contributed by atoms with Crippen molar-refractivity contribution in [3.8, 4) is 0 Å². The highest BCUT2D eigenvalue weighted by molar-refractivity contribution is 5.80. The summed E-state index contributed by atoms with van der Waals surface area (Å²) in [5.74, 6) is 0.339. The van der Waals surface area contributed by atoms with Crippen molar-refractivity contribution in [3.05, 3.63) is 0 Å². The van der Waals surface area contributed by atoms with E-state index >= 15 is 0 Å². The molecular weight excluding hydrogens is 230 g/mol. The third-order valence-electron chi connectivity index (χ3n) is 4.63. The van der Waals surface area contributed by atoms with E-state index in [0.29, 0.717) is 24.4 Å². The van der Waals surface area contributed by atoms with E-state index < -0.39 is 0 Å². The normalized spacial score (nSPS) is 39.1. The molecule has 0 saturated carbocycles. The first-order chi connectivity index (χ1) is 8.66. The molecule has 0 aromatic rings. The van der Waals surface area contributed by atoms with Crippen LogP contribution in [0.15, 0.2) is 0 Å². The first-order valence-corrected chi connectivity index (χ1v) is 7.07. The quantitative estimate of drug-likeness (QED) is 0.740. The molecule has 3 fully saturated rings. The predicted octanol–water partition coefficient (Wildman–Crippen LogP) is -0.202. The van der Waals surface area contributed by atoms with Gasteiger partial charge in [-0.2, -0.15) is 0 Å². The second kappa shape index (κ2) is 4.79. The summed E-state index contributed by atoms with van der Waals surface area (Å²) in [6.45, 7) is 5.51. The number of ether oxygens (including phenoxy) is 1. The summed E-state index contributed by atoms with van der Waals surface area (Å²) in [4.78, 5) is 16.5. The number of carbonyl (C=O) groups excluding carboxylic acids is 1. The fourth-order valence-electron chi connectivity index (χ4n) is 3.62. The minimum Gasteiger partial charge on any atom is -0.374 e. The Hall–Kier alpha value is -0.650. The van der Waals surface area contributed by atoms with Crippen molar-refractivity contribution in [2.24, 2.45) is 5.73 Å². The van der Waals surface area contributed by atoms with Gasteiger partial charge in [0.15, 0.2) is 0 Å². The molecule has 3 aliphatic heterocycles. The number of hydrogen-bond donors (Lipinski definition) is 1. The SMILES string of the molecule is CC(N)C1CN(C2CC(=O)N3CCCC23)CCO1. The third kappa shape index (κ3) is 2.04. The molecule has 5 heteroatoms. The lowest BCUT2D eigenvalue weighted by atomic mass is 10.0. The molecule has 0 bridgehead atoms. The lowest BCUT2D eigenvalue weighted by Gasteiger charge is -2.39. The molecule has 4 atom stereocenters. The summed E-state index contributed by atoms with van der Waals surface area (Å²) in [6.07, 6.45) is 3.13. The van der Waals surface area contributed by atoms with Gasteiger partial charge in [0.1, 0.15) is 0 Å². The smallest absolute Gasteiger partial charge is 0.224 e. The molecule has 1 amide bonds. The van der Waals surface area contributed by atoms with Crippen LogP contribution in [0.1, 0.15) is 26.2 Å². The number of nitrogens with zero attached hydrogens (tertiary/aromatic N) is 2. The summed E-state index contributed by atoms with van der Waals surface area (Å²) < 4.78 is 5.70. The van der Waals surface area contributed by atoms with E-state index in [0.717, 1.165) is 39.1 Å². The van der Waals surface area contributed by atoms with E-state index in [9.17, 15) is 4.79 Å². The zero-order valence-corrected chi connectivity index (χ0v) is 11.0. The van der Waals surface area contributed by atoms with Gasteiger partial charge in [0, 0.05) is 44.2 Å². The van der Waals surface area contributed by atoms with Crippen LogP contribution in [0.3, 0.4) is 0 Å². The van der Waals surface area contributed by atoms with Gasteiger partial charge in [0.25, 0.3) is 0 Å². The third-order valence-corrected chi connectivity index (χ3v) is 4.63. The van der Waals surface area contributed by atoms with E-state index in [-0.39, 0.29) is 12.1 Å². The van der Waals surface area contributed by atoms with E-state index in [1.165, 1.54) is 0 Å². The number of morpholine rings is 1. The van der Waals surface area contributed by atoms with Crippen LogP contribution < -0.4 is 5.73 Å². The van der Waals surface area contributed by atoms with Gasteiger partial charge in [-0.15, -0.1) is 0 Å². The molecule has 3 saturated heterocycles. The van der Waals surface area contributed by atoms with Crippen LogP contribution in [-0.4, -0.2) is 66.2 Å².